The number of hydrazone groups is 1. The van der Waals surface area contributed by atoms with Crippen LogP contribution in [0.4, 0.5) is 5.69 Å². The molecular weight excluding hydrogens is 356 g/mol. The molecule has 3 rings (SSSR count). The van der Waals surface area contributed by atoms with E-state index >= 15 is 0 Å². The molecule has 0 radical (unpaired) electrons. The van der Waals surface area contributed by atoms with Crippen molar-refractivity contribution in [2.45, 2.75) is 0 Å². The van der Waals surface area contributed by atoms with Crippen LogP contribution in [0.3, 0.4) is 0 Å². The molecule has 25 heavy (non-hydrogen) atoms. The monoisotopic (exact) mass is 368 g/mol. The number of ether oxygens (including phenoxy) is 1. The summed E-state index contributed by atoms with van der Waals surface area (Å²) < 4.78 is 5.15. The average molecular weight is 369 g/mol. The highest BCUT2D eigenvalue weighted by atomic mass is 35.5. The summed E-state index contributed by atoms with van der Waals surface area (Å²) in [6, 6.07) is 16.8. The number of halogens is 1. The van der Waals surface area contributed by atoms with Gasteiger partial charge in [0.15, 0.2) is 10.7 Å². The zero-order valence-corrected chi connectivity index (χ0v) is 14.8. The van der Waals surface area contributed by atoms with E-state index in [0.717, 1.165) is 17.0 Å². The van der Waals surface area contributed by atoms with Gasteiger partial charge in [0, 0.05) is 16.0 Å². The van der Waals surface area contributed by atoms with Crippen molar-refractivity contribution in [3.8, 4) is 23.1 Å². The highest BCUT2D eigenvalue weighted by molar-refractivity contribution is 7.12. The van der Waals surface area contributed by atoms with Crippen molar-refractivity contribution in [2.24, 2.45) is 5.10 Å². The summed E-state index contributed by atoms with van der Waals surface area (Å²) in [7, 11) is 1.62. The smallest absolute Gasteiger partial charge is 0.196 e. The maximum Gasteiger partial charge on any atom is 0.196 e. The first-order chi connectivity index (χ1) is 12.2. The van der Waals surface area contributed by atoms with Gasteiger partial charge in [0.05, 0.1) is 18.5 Å². The number of aromatic nitrogens is 1. The molecule has 0 aliphatic carbocycles. The van der Waals surface area contributed by atoms with E-state index in [1.165, 1.54) is 11.3 Å². The van der Waals surface area contributed by atoms with Crippen LogP contribution in [0.1, 0.15) is 5.01 Å². The Hall–Kier alpha value is -2.88. The molecule has 0 saturated heterocycles. The first kappa shape index (κ1) is 17.0. The van der Waals surface area contributed by atoms with Crippen LogP contribution in [0.15, 0.2) is 59.0 Å². The van der Waals surface area contributed by atoms with E-state index in [9.17, 15) is 5.26 Å². The molecule has 0 amide bonds. The van der Waals surface area contributed by atoms with Crippen molar-refractivity contribution in [3.05, 3.63) is 63.9 Å². The van der Waals surface area contributed by atoms with Crippen molar-refractivity contribution >= 4 is 34.3 Å². The van der Waals surface area contributed by atoms with Crippen molar-refractivity contribution in [3.63, 3.8) is 0 Å². The Kier molecular flexibility index (Phi) is 5.29. The quantitative estimate of drug-likeness (QED) is 0.518. The number of rotatable bonds is 5. The molecule has 1 N–H and O–H groups in total. The molecule has 2 aromatic carbocycles. The molecule has 3 aromatic rings. The number of nitrogens with one attached hydrogen (secondary N) is 1. The Morgan fingerprint density at radius 3 is 2.76 bits per heavy atom. The minimum atomic E-state index is 0.213. The average Bonchev–Trinajstić information content (AvgIpc) is 3.12. The fraction of sp³-hybridized carbons (Fsp3) is 0.0556. The van der Waals surface area contributed by atoms with E-state index in [1.54, 1.807) is 25.3 Å². The molecule has 0 aliphatic heterocycles. The number of nitriles is 1. The van der Waals surface area contributed by atoms with Gasteiger partial charge in [0.1, 0.15) is 11.8 Å². The Bertz CT molecular complexity index is 944. The predicted molar refractivity (Wildman–Crippen MR) is 101 cm³/mol. The summed E-state index contributed by atoms with van der Waals surface area (Å²) in [5, 5.41) is 16.5. The van der Waals surface area contributed by atoms with Gasteiger partial charge in [-0.25, -0.2) is 4.98 Å². The Morgan fingerprint density at radius 1 is 1.28 bits per heavy atom. The molecule has 1 aromatic heterocycles. The minimum Gasteiger partial charge on any atom is -0.497 e. The summed E-state index contributed by atoms with van der Waals surface area (Å²) >= 11 is 7.29. The fourth-order valence-corrected chi connectivity index (χ4v) is 3.03. The third-order valence-corrected chi connectivity index (χ3v) is 4.40. The Morgan fingerprint density at radius 2 is 2.08 bits per heavy atom. The van der Waals surface area contributed by atoms with Crippen LogP contribution in [0.5, 0.6) is 5.75 Å². The van der Waals surface area contributed by atoms with Gasteiger partial charge >= 0.3 is 0 Å². The zero-order chi connectivity index (χ0) is 17.6. The van der Waals surface area contributed by atoms with E-state index in [4.69, 9.17) is 16.3 Å². The number of hydrogen-bond acceptors (Lipinski definition) is 6. The molecule has 0 bridgehead atoms. The van der Waals surface area contributed by atoms with Gasteiger partial charge in [0.25, 0.3) is 0 Å². The standard InChI is InChI=1S/C18H13ClN4OS/c1-24-15-7-5-12(6-8-15)17-11-25-18(21-17)16(10-20)23-22-14-4-2-3-13(19)9-14/h2-9,11,22H,1H3/b23-16-. The topological polar surface area (TPSA) is 70.3 Å². The normalized spacial score (nSPS) is 11.0. The molecule has 5 nitrogen and oxygen atoms in total. The maximum atomic E-state index is 9.36. The van der Waals surface area contributed by atoms with Crippen molar-refractivity contribution < 1.29 is 4.74 Å². The van der Waals surface area contributed by atoms with Crippen molar-refractivity contribution in [2.75, 3.05) is 12.5 Å². The van der Waals surface area contributed by atoms with Gasteiger partial charge in [-0.2, -0.15) is 10.4 Å². The Balaban J connectivity index is 1.81. The van der Waals surface area contributed by atoms with Crippen LogP contribution in [0.25, 0.3) is 11.3 Å². The highest BCUT2D eigenvalue weighted by Crippen LogP contribution is 2.24. The summed E-state index contributed by atoms with van der Waals surface area (Å²) in [5.74, 6) is 0.782. The van der Waals surface area contributed by atoms with Gasteiger partial charge in [0.2, 0.25) is 0 Å². The molecular formula is C18H13ClN4OS. The number of benzene rings is 2. The molecule has 0 fully saturated rings. The van der Waals surface area contributed by atoms with Crippen LogP contribution >= 0.6 is 22.9 Å². The molecule has 0 saturated carbocycles. The van der Waals surface area contributed by atoms with Crippen LogP contribution < -0.4 is 10.2 Å². The first-order valence-electron chi connectivity index (χ1n) is 7.29. The molecule has 1 heterocycles. The molecule has 7 heteroatoms. The van der Waals surface area contributed by atoms with E-state index in [1.807, 2.05) is 35.7 Å². The SMILES string of the molecule is COc1ccc(-c2csc(/C(C#N)=N\Nc3cccc(Cl)c3)n2)cc1. The van der Waals surface area contributed by atoms with Gasteiger partial charge in [-0.3, -0.25) is 5.43 Å². The fourth-order valence-electron chi connectivity index (χ4n) is 2.08. The van der Waals surface area contributed by atoms with Gasteiger partial charge < -0.3 is 4.74 Å². The van der Waals surface area contributed by atoms with E-state index in [2.05, 4.69) is 21.6 Å². The Labute approximate surface area is 154 Å². The molecule has 124 valence electrons. The van der Waals surface area contributed by atoms with E-state index < -0.39 is 0 Å². The number of anilines is 1. The second-order valence-corrected chi connectivity index (χ2v) is 6.26. The molecule has 0 spiro atoms. The first-order valence-corrected chi connectivity index (χ1v) is 8.55. The minimum absolute atomic E-state index is 0.213. The third-order valence-electron chi connectivity index (χ3n) is 3.32. The second kappa shape index (κ2) is 7.79. The number of thiazole rings is 1. The summed E-state index contributed by atoms with van der Waals surface area (Å²) in [5.41, 5.74) is 5.48. The van der Waals surface area contributed by atoms with Crippen LogP contribution in [-0.4, -0.2) is 17.8 Å². The molecule has 0 atom stereocenters. The summed E-state index contributed by atoms with van der Waals surface area (Å²) in [6.45, 7) is 0. The lowest BCUT2D eigenvalue weighted by Gasteiger charge is -2.01. The van der Waals surface area contributed by atoms with Gasteiger partial charge in [-0.1, -0.05) is 17.7 Å². The number of hydrogen-bond donors (Lipinski definition) is 1. The molecule has 0 aliphatic rings. The summed E-state index contributed by atoms with van der Waals surface area (Å²) in [4.78, 5) is 4.50. The predicted octanol–water partition coefficient (Wildman–Crippen LogP) is 4.81. The zero-order valence-electron chi connectivity index (χ0n) is 13.2. The maximum absolute atomic E-state index is 9.36. The van der Waals surface area contributed by atoms with Crippen molar-refractivity contribution in [1.82, 2.24) is 4.98 Å². The lowest BCUT2D eigenvalue weighted by Crippen LogP contribution is -2.01. The van der Waals surface area contributed by atoms with Crippen LogP contribution in [0, 0.1) is 11.3 Å². The molecule has 0 unspecified atom stereocenters. The largest absolute Gasteiger partial charge is 0.497 e. The lowest BCUT2D eigenvalue weighted by molar-refractivity contribution is 0.415. The van der Waals surface area contributed by atoms with E-state index in [-0.39, 0.29) is 5.71 Å². The van der Waals surface area contributed by atoms with Gasteiger partial charge in [-0.15, -0.1) is 11.3 Å². The van der Waals surface area contributed by atoms with Crippen LogP contribution in [0.2, 0.25) is 5.02 Å². The number of methoxy groups -OCH3 is 1. The van der Waals surface area contributed by atoms with Crippen LogP contribution in [-0.2, 0) is 0 Å². The summed E-state index contributed by atoms with van der Waals surface area (Å²) in [6.07, 6.45) is 0. The van der Waals surface area contributed by atoms with Crippen molar-refractivity contribution in [1.29, 1.82) is 5.26 Å². The number of nitrogens with zero attached hydrogens (tertiary/aromatic N) is 3. The highest BCUT2D eigenvalue weighted by Gasteiger charge is 2.10. The van der Waals surface area contributed by atoms with Gasteiger partial charge in [-0.05, 0) is 42.5 Å². The van der Waals surface area contributed by atoms with E-state index in [0.29, 0.717) is 15.7 Å². The second-order valence-electron chi connectivity index (χ2n) is 4.96. The third kappa shape index (κ3) is 4.15. The lowest BCUT2D eigenvalue weighted by atomic mass is 10.2.